The Labute approximate surface area is 188 Å². The molecule has 9 heteroatoms. The zero-order chi connectivity index (χ0) is 22.9. The van der Waals surface area contributed by atoms with E-state index in [1.807, 2.05) is 29.2 Å². The monoisotopic (exact) mass is 456 g/mol. The van der Waals surface area contributed by atoms with Crippen LogP contribution in [0.25, 0.3) is 0 Å². The number of rotatable bonds is 5. The molecule has 2 aromatic rings. The van der Waals surface area contributed by atoms with Gasteiger partial charge in [-0.1, -0.05) is 19.1 Å². The first-order valence-electron chi connectivity index (χ1n) is 10.8. The average Bonchev–Trinajstić information content (AvgIpc) is 3.22. The minimum absolute atomic E-state index is 0.0257. The van der Waals surface area contributed by atoms with Gasteiger partial charge in [0.1, 0.15) is 0 Å². The molecule has 2 aromatic carbocycles. The quantitative estimate of drug-likeness (QED) is 0.729. The molecule has 1 fully saturated rings. The van der Waals surface area contributed by atoms with Gasteiger partial charge < -0.3 is 9.80 Å². The van der Waals surface area contributed by atoms with Crippen molar-refractivity contribution < 1.29 is 18.0 Å². The van der Waals surface area contributed by atoms with Crippen LogP contribution in [0.4, 0.5) is 5.69 Å². The van der Waals surface area contributed by atoms with Crippen molar-refractivity contribution in [1.82, 2.24) is 9.80 Å². The molecule has 0 radical (unpaired) electrons. The number of piperazine rings is 1. The highest BCUT2D eigenvalue weighted by Gasteiger charge is 2.29. The van der Waals surface area contributed by atoms with Crippen molar-refractivity contribution in [2.45, 2.75) is 24.7 Å². The Bertz CT molecular complexity index is 1120. The Balaban J connectivity index is 1.33. The van der Waals surface area contributed by atoms with Crippen LogP contribution in [0.1, 0.15) is 28.4 Å². The number of nitrogens with zero attached hydrogens (tertiary/aromatic N) is 3. The second-order valence-electron chi connectivity index (χ2n) is 8.25. The van der Waals surface area contributed by atoms with E-state index in [-0.39, 0.29) is 23.3 Å². The standard InChI is InChI=1S/C23H28N4O4S/c1-2-17-3-5-18(6-4-17)23(29)26-13-11-25(12-14-26)16-22(28)27-10-9-19-15-20(32(24,30)31)7-8-21(19)27/h3-8,15H,2,9-14,16H2,1H3,(H2,24,30,31). The van der Waals surface area contributed by atoms with Crippen LogP contribution in [-0.2, 0) is 27.7 Å². The summed E-state index contributed by atoms with van der Waals surface area (Å²) >= 11 is 0. The second-order valence-corrected chi connectivity index (χ2v) is 9.81. The molecule has 0 unspecified atom stereocenters. The van der Waals surface area contributed by atoms with Crippen molar-refractivity contribution in [1.29, 1.82) is 0 Å². The lowest BCUT2D eigenvalue weighted by molar-refractivity contribution is -0.120. The fourth-order valence-electron chi connectivity index (χ4n) is 4.27. The molecule has 0 aromatic heterocycles. The van der Waals surface area contributed by atoms with Crippen molar-refractivity contribution in [2.24, 2.45) is 5.14 Å². The third-order valence-corrected chi connectivity index (χ3v) is 7.11. The topological polar surface area (TPSA) is 104 Å². The summed E-state index contributed by atoms with van der Waals surface area (Å²) in [6, 6.07) is 12.4. The summed E-state index contributed by atoms with van der Waals surface area (Å²) in [6.45, 7) is 5.30. The molecule has 2 aliphatic rings. The van der Waals surface area contributed by atoms with Gasteiger partial charge in [-0.15, -0.1) is 0 Å². The van der Waals surface area contributed by atoms with Crippen molar-refractivity contribution in [2.75, 3.05) is 44.2 Å². The van der Waals surface area contributed by atoms with Crippen LogP contribution in [0.2, 0.25) is 0 Å². The zero-order valence-corrected chi connectivity index (χ0v) is 19.0. The lowest BCUT2D eigenvalue weighted by atomic mass is 10.1. The molecule has 2 amide bonds. The van der Waals surface area contributed by atoms with Crippen LogP contribution >= 0.6 is 0 Å². The van der Waals surface area contributed by atoms with Gasteiger partial charge in [-0.05, 0) is 54.3 Å². The third-order valence-electron chi connectivity index (χ3n) is 6.20. The molecule has 32 heavy (non-hydrogen) atoms. The number of benzene rings is 2. The van der Waals surface area contributed by atoms with Crippen molar-refractivity contribution in [3.63, 3.8) is 0 Å². The highest BCUT2D eigenvalue weighted by atomic mass is 32.2. The predicted octanol–water partition coefficient (Wildman–Crippen LogP) is 1.24. The normalized spacial score (nSPS) is 16.8. The maximum atomic E-state index is 12.9. The Hall–Kier alpha value is -2.75. The second kappa shape index (κ2) is 9.01. The molecule has 0 saturated carbocycles. The first-order valence-corrected chi connectivity index (χ1v) is 12.4. The lowest BCUT2D eigenvalue weighted by Crippen LogP contribution is -2.51. The number of carbonyl (C=O) groups is 2. The number of aryl methyl sites for hydroxylation is 1. The number of hydrogen-bond acceptors (Lipinski definition) is 5. The highest BCUT2D eigenvalue weighted by Crippen LogP contribution is 2.30. The number of primary sulfonamides is 1. The number of hydrogen-bond donors (Lipinski definition) is 1. The summed E-state index contributed by atoms with van der Waals surface area (Å²) in [4.78, 5) is 31.3. The van der Waals surface area contributed by atoms with Crippen LogP contribution in [0.15, 0.2) is 47.4 Å². The molecular weight excluding hydrogens is 428 g/mol. The summed E-state index contributed by atoms with van der Waals surface area (Å²) in [7, 11) is -3.76. The van der Waals surface area contributed by atoms with Crippen LogP contribution < -0.4 is 10.0 Å². The Morgan fingerprint density at radius 2 is 1.66 bits per heavy atom. The van der Waals surface area contributed by atoms with E-state index in [2.05, 4.69) is 11.8 Å². The number of fused-ring (bicyclic) bond motifs is 1. The SMILES string of the molecule is CCc1ccc(C(=O)N2CCN(CC(=O)N3CCc4cc(S(N)(=O)=O)ccc43)CC2)cc1. The molecule has 2 aliphatic heterocycles. The van der Waals surface area contributed by atoms with Crippen molar-refractivity contribution in [3.05, 3.63) is 59.2 Å². The lowest BCUT2D eigenvalue weighted by Gasteiger charge is -2.35. The van der Waals surface area contributed by atoms with Gasteiger partial charge in [0, 0.05) is 44.0 Å². The predicted molar refractivity (Wildman–Crippen MR) is 122 cm³/mol. The van der Waals surface area contributed by atoms with Gasteiger partial charge in [0.25, 0.3) is 5.91 Å². The summed E-state index contributed by atoms with van der Waals surface area (Å²) in [5, 5.41) is 5.21. The molecule has 4 rings (SSSR count). The molecule has 2 heterocycles. The highest BCUT2D eigenvalue weighted by molar-refractivity contribution is 7.89. The van der Waals surface area contributed by atoms with E-state index >= 15 is 0 Å². The van der Waals surface area contributed by atoms with Crippen LogP contribution in [0.3, 0.4) is 0 Å². The number of nitrogens with two attached hydrogens (primary N) is 1. The maximum Gasteiger partial charge on any atom is 0.253 e. The Kier molecular flexibility index (Phi) is 6.32. The smallest absolute Gasteiger partial charge is 0.253 e. The summed E-state index contributed by atoms with van der Waals surface area (Å²) < 4.78 is 23.1. The van der Waals surface area contributed by atoms with E-state index in [0.29, 0.717) is 44.7 Å². The summed E-state index contributed by atoms with van der Waals surface area (Å²) in [5.41, 5.74) is 3.45. The number of amides is 2. The minimum Gasteiger partial charge on any atom is -0.336 e. The van der Waals surface area contributed by atoms with E-state index in [9.17, 15) is 18.0 Å². The minimum atomic E-state index is -3.76. The molecule has 8 nitrogen and oxygen atoms in total. The summed E-state index contributed by atoms with van der Waals surface area (Å²) in [5.74, 6) is -0.000188. The van der Waals surface area contributed by atoms with E-state index in [4.69, 9.17) is 5.14 Å². The molecule has 170 valence electrons. The van der Waals surface area contributed by atoms with Gasteiger partial charge in [-0.25, -0.2) is 13.6 Å². The zero-order valence-electron chi connectivity index (χ0n) is 18.2. The molecule has 2 N–H and O–H groups in total. The number of sulfonamides is 1. The van der Waals surface area contributed by atoms with Gasteiger partial charge in [-0.2, -0.15) is 0 Å². The molecule has 0 spiro atoms. The van der Waals surface area contributed by atoms with Gasteiger partial charge >= 0.3 is 0 Å². The largest absolute Gasteiger partial charge is 0.336 e. The summed E-state index contributed by atoms with van der Waals surface area (Å²) in [6.07, 6.45) is 1.54. The first kappa shape index (κ1) is 22.4. The number of anilines is 1. The van der Waals surface area contributed by atoms with Crippen molar-refractivity contribution >= 4 is 27.5 Å². The molecule has 1 saturated heterocycles. The van der Waals surface area contributed by atoms with Crippen LogP contribution in [0, 0.1) is 0 Å². The molecule has 0 aliphatic carbocycles. The van der Waals surface area contributed by atoms with Gasteiger partial charge in [0.05, 0.1) is 11.4 Å². The number of carbonyl (C=O) groups excluding carboxylic acids is 2. The van der Waals surface area contributed by atoms with Gasteiger partial charge in [0.2, 0.25) is 15.9 Å². The Morgan fingerprint density at radius 1 is 0.969 bits per heavy atom. The fraction of sp³-hybridized carbons (Fsp3) is 0.391. The third kappa shape index (κ3) is 4.69. The fourth-order valence-corrected chi connectivity index (χ4v) is 4.83. The van der Waals surface area contributed by atoms with E-state index in [0.717, 1.165) is 17.7 Å². The van der Waals surface area contributed by atoms with E-state index < -0.39 is 10.0 Å². The van der Waals surface area contributed by atoms with E-state index in [1.165, 1.54) is 11.6 Å². The van der Waals surface area contributed by atoms with Crippen LogP contribution in [-0.4, -0.2) is 69.3 Å². The molecular formula is C23H28N4O4S. The maximum absolute atomic E-state index is 12.9. The van der Waals surface area contributed by atoms with Crippen molar-refractivity contribution in [3.8, 4) is 0 Å². The van der Waals surface area contributed by atoms with Gasteiger partial charge in [0.15, 0.2) is 0 Å². The van der Waals surface area contributed by atoms with E-state index in [1.54, 1.807) is 17.0 Å². The van der Waals surface area contributed by atoms with Crippen LogP contribution in [0.5, 0.6) is 0 Å². The average molecular weight is 457 g/mol. The Morgan fingerprint density at radius 3 is 2.28 bits per heavy atom. The first-order chi connectivity index (χ1) is 15.3. The van der Waals surface area contributed by atoms with Gasteiger partial charge in [-0.3, -0.25) is 14.5 Å². The molecule has 0 atom stereocenters. The molecule has 0 bridgehead atoms.